The summed E-state index contributed by atoms with van der Waals surface area (Å²) in [6.45, 7) is 6.05. The minimum absolute atomic E-state index is 0.0509. The zero-order valence-corrected chi connectivity index (χ0v) is 13.0. The third-order valence-electron chi connectivity index (χ3n) is 1.63. The first-order valence-corrected chi connectivity index (χ1v) is 8.26. The molecule has 0 aliphatic carbocycles. The van der Waals surface area contributed by atoms with E-state index in [1.54, 1.807) is 28.6 Å². The van der Waals surface area contributed by atoms with Crippen LogP contribution in [-0.4, -0.2) is 42.7 Å². The number of carbonyl (C=O) groups excluding carboxylic acids is 2. The van der Waals surface area contributed by atoms with Crippen LogP contribution in [0.3, 0.4) is 0 Å². The summed E-state index contributed by atoms with van der Waals surface area (Å²) in [6, 6.07) is 0. The summed E-state index contributed by atoms with van der Waals surface area (Å²) in [4.78, 5) is 22.2. The van der Waals surface area contributed by atoms with Crippen LogP contribution in [0.25, 0.3) is 0 Å². The molecule has 0 saturated heterocycles. The van der Waals surface area contributed by atoms with Crippen molar-refractivity contribution < 1.29 is 14.3 Å². The molecule has 0 saturated carbocycles. The third-order valence-corrected chi connectivity index (χ3v) is 4.04. The third kappa shape index (κ3) is 11.9. The smallest absolute Gasteiger partial charge is 0.407 e. The zero-order valence-electron chi connectivity index (χ0n) is 11.4. The molecular weight excluding hydrogens is 272 g/mol. The van der Waals surface area contributed by atoms with Gasteiger partial charge in [-0.25, -0.2) is 4.79 Å². The normalized spacial score (nSPS) is 10.9. The Morgan fingerprint density at radius 1 is 1.17 bits per heavy atom. The average molecular weight is 294 g/mol. The Morgan fingerprint density at radius 2 is 1.78 bits per heavy atom. The molecule has 0 bridgehead atoms. The van der Waals surface area contributed by atoms with Crippen LogP contribution in [0.15, 0.2) is 0 Å². The first-order valence-electron chi connectivity index (χ1n) is 5.77. The van der Waals surface area contributed by atoms with Crippen LogP contribution in [0.5, 0.6) is 0 Å². The van der Waals surface area contributed by atoms with E-state index >= 15 is 0 Å². The minimum Gasteiger partial charge on any atom is -0.444 e. The van der Waals surface area contributed by atoms with Crippen LogP contribution < -0.4 is 10.6 Å². The largest absolute Gasteiger partial charge is 0.444 e. The highest BCUT2D eigenvalue weighted by Gasteiger charge is 2.15. The molecule has 0 spiro atoms. The molecule has 0 atom stereocenters. The van der Waals surface area contributed by atoms with E-state index in [-0.39, 0.29) is 5.91 Å². The first-order chi connectivity index (χ1) is 8.35. The summed E-state index contributed by atoms with van der Waals surface area (Å²) in [5, 5.41) is 5.24. The number of ether oxygens (including phenoxy) is 1. The predicted molar refractivity (Wildman–Crippen MR) is 77.8 cm³/mol. The molecule has 0 aromatic heterocycles. The maximum Gasteiger partial charge on any atom is 0.407 e. The lowest BCUT2D eigenvalue weighted by molar-refractivity contribution is -0.120. The van der Waals surface area contributed by atoms with E-state index in [0.717, 1.165) is 11.5 Å². The van der Waals surface area contributed by atoms with Crippen molar-refractivity contribution in [3.8, 4) is 0 Å². The number of carbonyl (C=O) groups is 2. The second-order valence-corrected chi connectivity index (χ2v) is 7.20. The average Bonchev–Trinajstić information content (AvgIpc) is 2.25. The van der Waals surface area contributed by atoms with Gasteiger partial charge in [0.05, 0.1) is 0 Å². The topological polar surface area (TPSA) is 67.4 Å². The molecule has 0 rings (SSSR count). The van der Waals surface area contributed by atoms with Gasteiger partial charge in [-0.2, -0.15) is 0 Å². The summed E-state index contributed by atoms with van der Waals surface area (Å²) >= 11 is 0. The molecule has 2 amide bonds. The van der Waals surface area contributed by atoms with Crippen LogP contribution >= 0.6 is 21.6 Å². The van der Waals surface area contributed by atoms with E-state index in [4.69, 9.17) is 4.74 Å². The van der Waals surface area contributed by atoms with Crippen molar-refractivity contribution in [2.24, 2.45) is 0 Å². The fourth-order valence-corrected chi connectivity index (χ4v) is 2.78. The molecule has 0 aliphatic heterocycles. The van der Waals surface area contributed by atoms with Gasteiger partial charge in [-0.1, -0.05) is 21.6 Å². The Labute approximate surface area is 117 Å². The molecular formula is C11H22N2O3S2. The molecule has 0 aromatic rings. The van der Waals surface area contributed by atoms with Crippen LogP contribution in [0.4, 0.5) is 4.79 Å². The van der Waals surface area contributed by atoms with Crippen molar-refractivity contribution in [3.05, 3.63) is 0 Å². The fraction of sp³-hybridized carbons (Fsp3) is 0.818. The molecule has 2 N–H and O–H groups in total. The fourth-order valence-electron chi connectivity index (χ4n) is 0.886. The highest BCUT2D eigenvalue weighted by molar-refractivity contribution is 8.76. The number of hydrogen-bond acceptors (Lipinski definition) is 5. The van der Waals surface area contributed by atoms with Crippen molar-refractivity contribution >= 4 is 33.6 Å². The van der Waals surface area contributed by atoms with Gasteiger partial charge >= 0.3 is 6.09 Å². The molecule has 0 fully saturated rings. The highest BCUT2D eigenvalue weighted by atomic mass is 33.1. The predicted octanol–water partition coefficient (Wildman–Crippen LogP) is 2.03. The van der Waals surface area contributed by atoms with Gasteiger partial charge in [0.15, 0.2) is 0 Å². The molecule has 0 aliphatic rings. The van der Waals surface area contributed by atoms with Gasteiger partial charge in [-0.15, -0.1) is 0 Å². The number of alkyl carbamates (subject to hydrolysis) is 1. The van der Waals surface area contributed by atoms with Gasteiger partial charge in [0, 0.05) is 31.5 Å². The summed E-state index contributed by atoms with van der Waals surface area (Å²) in [6.07, 6.45) is 0.131. The van der Waals surface area contributed by atoms with Gasteiger partial charge in [-0.3, -0.25) is 4.79 Å². The zero-order chi connectivity index (χ0) is 14.0. The van der Waals surface area contributed by atoms with E-state index in [1.165, 1.54) is 0 Å². The van der Waals surface area contributed by atoms with Crippen LogP contribution in [0, 0.1) is 0 Å². The van der Waals surface area contributed by atoms with E-state index < -0.39 is 11.7 Å². The highest BCUT2D eigenvalue weighted by Crippen LogP contribution is 2.20. The number of amides is 2. The summed E-state index contributed by atoms with van der Waals surface area (Å²) in [5.41, 5.74) is -0.459. The summed E-state index contributed by atoms with van der Waals surface area (Å²) in [7, 11) is 4.89. The molecule has 18 heavy (non-hydrogen) atoms. The van der Waals surface area contributed by atoms with Crippen molar-refractivity contribution in [3.63, 3.8) is 0 Å². The Hall–Kier alpha value is -0.560. The molecule has 0 radical (unpaired) electrons. The summed E-state index contributed by atoms with van der Waals surface area (Å²) in [5.74, 6) is 1.61. The lowest BCUT2D eigenvalue weighted by Crippen LogP contribution is -2.33. The van der Waals surface area contributed by atoms with Crippen molar-refractivity contribution in [2.75, 3.05) is 25.1 Å². The molecule has 0 aromatic carbocycles. The lowest BCUT2D eigenvalue weighted by atomic mass is 10.2. The summed E-state index contributed by atoms with van der Waals surface area (Å²) < 4.78 is 5.09. The maximum absolute atomic E-state index is 11.3. The monoisotopic (exact) mass is 294 g/mol. The Morgan fingerprint density at radius 3 is 2.33 bits per heavy atom. The number of nitrogens with one attached hydrogen (secondary N) is 2. The number of rotatable bonds is 7. The molecule has 5 nitrogen and oxygen atoms in total. The van der Waals surface area contributed by atoms with E-state index in [1.807, 2.05) is 20.8 Å². The Kier molecular flexibility index (Phi) is 9.09. The quantitative estimate of drug-likeness (QED) is 0.555. The first kappa shape index (κ1) is 17.4. The van der Waals surface area contributed by atoms with Crippen LogP contribution in [0.1, 0.15) is 27.2 Å². The van der Waals surface area contributed by atoms with Gasteiger partial charge < -0.3 is 15.4 Å². The Balaban J connectivity index is 3.35. The van der Waals surface area contributed by atoms with E-state index in [0.29, 0.717) is 13.0 Å². The SMILES string of the molecule is CNC(=O)CCSSCCNC(=O)OC(C)(C)C. The van der Waals surface area contributed by atoms with Crippen molar-refractivity contribution in [1.29, 1.82) is 0 Å². The van der Waals surface area contributed by atoms with Gasteiger partial charge in [0.2, 0.25) is 5.91 Å². The maximum atomic E-state index is 11.3. The minimum atomic E-state index is -0.459. The lowest BCUT2D eigenvalue weighted by Gasteiger charge is -2.19. The van der Waals surface area contributed by atoms with Crippen LogP contribution in [0.2, 0.25) is 0 Å². The molecule has 7 heteroatoms. The van der Waals surface area contributed by atoms with Crippen molar-refractivity contribution in [2.45, 2.75) is 32.8 Å². The standard InChI is InChI=1S/C11H22N2O3S2/c1-11(2,3)16-10(15)13-6-8-18-17-7-5-9(14)12-4/h5-8H2,1-4H3,(H,12,14)(H,13,15). The Bertz CT molecular complexity index is 268. The van der Waals surface area contributed by atoms with Gasteiger partial charge in [0.1, 0.15) is 5.60 Å². The second-order valence-electron chi connectivity index (χ2n) is 4.50. The second kappa shape index (κ2) is 9.38. The van der Waals surface area contributed by atoms with E-state index in [2.05, 4.69) is 10.6 Å². The van der Waals surface area contributed by atoms with E-state index in [9.17, 15) is 9.59 Å². The van der Waals surface area contributed by atoms with Gasteiger partial charge in [-0.05, 0) is 20.8 Å². The van der Waals surface area contributed by atoms with Gasteiger partial charge in [0.25, 0.3) is 0 Å². The molecule has 106 valence electrons. The van der Waals surface area contributed by atoms with Crippen molar-refractivity contribution in [1.82, 2.24) is 10.6 Å². The van der Waals surface area contributed by atoms with Crippen LogP contribution in [-0.2, 0) is 9.53 Å². The molecule has 0 unspecified atom stereocenters. The number of hydrogen-bond donors (Lipinski definition) is 2. The molecule has 0 heterocycles.